The van der Waals surface area contributed by atoms with Gasteiger partial charge in [0.15, 0.2) is 0 Å². The van der Waals surface area contributed by atoms with Gasteiger partial charge < -0.3 is 5.73 Å². The summed E-state index contributed by atoms with van der Waals surface area (Å²) in [6.45, 7) is 5.99. The molecule has 1 heterocycles. The van der Waals surface area contributed by atoms with Crippen LogP contribution in [0.4, 0.5) is 4.39 Å². The SMILES string of the molecule is CC(C)c1cc(C(C)N)c2cccc(F)c2n1. The van der Waals surface area contributed by atoms with Gasteiger partial charge in [0, 0.05) is 17.1 Å². The molecule has 2 nitrogen and oxygen atoms in total. The molecule has 0 aliphatic rings. The second-order valence-electron chi connectivity index (χ2n) is 4.72. The first-order valence-corrected chi connectivity index (χ1v) is 5.85. The number of hydrogen-bond acceptors (Lipinski definition) is 2. The molecule has 0 radical (unpaired) electrons. The van der Waals surface area contributed by atoms with Gasteiger partial charge in [-0.3, -0.25) is 0 Å². The van der Waals surface area contributed by atoms with Gasteiger partial charge in [-0.1, -0.05) is 26.0 Å². The highest BCUT2D eigenvalue weighted by molar-refractivity contribution is 5.83. The number of fused-ring (bicyclic) bond motifs is 1. The number of nitrogens with zero attached hydrogens (tertiary/aromatic N) is 1. The summed E-state index contributed by atoms with van der Waals surface area (Å²) >= 11 is 0. The molecule has 1 unspecified atom stereocenters. The molecule has 2 rings (SSSR count). The first-order valence-electron chi connectivity index (χ1n) is 5.85. The van der Waals surface area contributed by atoms with E-state index in [-0.39, 0.29) is 17.8 Å². The second-order valence-corrected chi connectivity index (χ2v) is 4.72. The van der Waals surface area contributed by atoms with Crippen molar-refractivity contribution in [2.45, 2.75) is 32.7 Å². The van der Waals surface area contributed by atoms with Crippen molar-refractivity contribution in [3.05, 3.63) is 41.3 Å². The maximum absolute atomic E-state index is 13.8. The predicted octanol–water partition coefficient (Wildman–Crippen LogP) is 3.52. The van der Waals surface area contributed by atoms with Crippen LogP contribution in [0.3, 0.4) is 0 Å². The van der Waals surface area contributed by atoms with Gasteiger partial charge in [0.25, 0.3) is 0 Å². The lowest BCUT2D eigenvalue weighted by molar-refractivity contribution is 0.635. The fourth-order valence-electron chi connectivity index (χ4n) is 1.93. The molecule has 1 aromatic heterocycles. The highest BCUT2D eigenvalue weighted by Gasteiger charge is 2.13. The summed E-state index contributed by atoms with van der Waals surface area (Å²) in [6.07, 6.45) is 0. The lowest BCUT2D eigenvalue weighted by Gasteiger charge is -2.14. The molecule has 1 aromatic carbocycles. The monoisotopic (exact) mass is 232 g/mol. The highest BCUT2D eigenvalue weighted by Crippen LogP contribution is 2.27. The molecule has 2 N–H and O–H groups in total. The van der Waals surface area contributed by atoms with Crippen LogP contribution in [0.25, 0.3) is 10.9 Å². The van der Waals surface area contributed by atoms with Gasteiger partial charge in [0.05, 0.1) is 0 Å². The molecule has 0 spiro atoms. The fourth-order valence-corrected chi connectivity index (χ4v) is 1.93. The van der Waals surface area contributed by atoms with Gasteiger partial charge in [-0.2, -0.15) is 0 Å². The van der Waals surface area contributed by atoms with Crippen LogP contribution in [0.5, 0.6) is 0 Å². The van der Waals surface area contributed by atoms with E-state index in [1.165, 1.54) is 6.07 Å². The van der Waals surface area contributed by atoms with Crippen LogP contribution in [0.2, 0.25) is 0 Å². The van der Waals surface area contributed by atoms with Gasteiger partial charge in [-0.15, -0.1) is 0 Å². The van der Waals surface area contributed by atoms with Gasteiger partial charge in [0.2, 0.25) is 0 Å². The van der Waals surface area contributed by atoms with Gasteiger partial charge in [-0.05, 0) is 30.5 Å². The fraction of sp³-hybridized carbons (Fsp3) is 0.357. The van der Waals surface area contributed by atoms with Gasteiger partial charge in [0.1, 0.15) is 11.3 Å². The molecular formula is C14H17FN2. The van der Waals surface area contributed by atoms with Crippen LogP contribution in [0.1, 0.15) is 44.0 Å². The molecule has 0 bridgehead atoms. The maximum atomic E-state index is 13.8. The van der Waals surface area contributed by atoms with E-state index in [0.29, 0.717) is 5.52 Å². The van der Waals surface area contributed by atoms with Crippen molar-refractivity contribution in [1.29, 1.82) is 0 Å². The Balaban J connectivity index is 2.81. The predicted molar refractivity (Wildman–Crippen MR) is 68.4 cm³/mol. The molecular weight excluding hydrogens is 215 g/mol. The summed E-state index contributed by atoms with van der Waals surface area (Å²) in [5.41, 5.74) is 8.21. The molecule has 3 heteroatoms. The summed E-state index contributed by atoms with van der Waals surface area (Å²) in [7, 11) is 0. The van der Waals surface area contributed by atoms with E-state index in [1.807, 2.05) is 32.9 Å². The Morgan fingerprint density at radius 1 is 1.24 bits per heavy atom. The van der Waals surface area contributed by atoms with E-state index in [4.69, 9.17) is 5.73 Å². The second kappa shape index (κ2) is 4.41. The highest BCUT2D eigenvalue weighted by atomic mass is 19.1. The molecule has 2 aromatic rings. The number of para-hydroxylation sites is 1. The van der Waals surface area contributed by atoms with Crippen LogP contribution in [0, 0.1) is 5.82 Å². The Bertz CT molecular complexity index is 547. The molecule has 0 amide bonds. The molecule has 0 saturated carbocycles. The van der Waals surface area contributed by atoms with Crippen LogP contribution in [0.15, 0.2) is 24.3 Å². The topological polar surface area (TPSA) is 38.9 Å². The van der Waals surface area contributed by atoms with Crippen molar-refractivity contribution < 1.29 is 4.39 Å². The molecule has 17 heavy (non-hydrogen) atoms. The van der Waals surface area contributed by atoms with Crippen LogP contribution in [-0.4, -0.2) is 4.98 Å². The number of pyridine rings is 1. The Morgan fingerprint density at radius 2 is 1.94 bits per heavy atom. The third kappa shape index (κ3) is 2.15. The third-order valence-electron chi connectivity index (χ3n) is 2.92. The number of hydrogen-bond donors (Lipinski definition) is 1. The maximum Gasteiger partial charge on any atom is 0.149 e. The molecule has 0 saturated heterocycles. The quantitative estimate of drug-likeness (QED) is 0.860. The lowest BCUT2D eigenvalue weighted by atomic mass is 9.99. The molecule has 0 aliphatic heterocycles. The summed E-state index contributed by atoms with van der Waals surface area (Å²) in [4.78, 5) is 4.39. The van der Waals surface area contributed by atoms with E-state index in [2.05, 4.69) is 4.98 Å². The van der Waals surface area contributed by atoms with Gasteiger partial charge >= 0.3 is 0 Å². The van der Waals surface area contributed by atoms with Crippen molar-refractivity contribution in [2.75, 3.05) is 0 Å². The van der Waals surface area contributed by atoms with E-state index < -0.39 is 0 Å². The average Bonchev–Trinajstić information content (AvgIpc) is 2.28. The Kier molecular flexibility index (Phi) is 3.11. The normalized spacial score (nSPS) is 13.3. The Morgan fingerprint density at radius 3 is 2.53 bits per heavy atom. The first kappa shape index (κ1) is 12.0. The number of nitrogens with two attached hydrogens (primary N) is 1. The number of aromatic nitrogens is 1. The van der Waals surface area contributed by atoms with E-state index in [9.17, 15) is 4.39 Å². The average molecular weight is 232 g/mol. The Labute approximate surface area is 101 Å². The van der Waals surface area contributed by atoms with E-state index in [0.717, 1.165) is 16.6 Å². The van der Waals surface area contributed by atoms with Crippen LogP contribution < -0.4 is 5.73 Å². The number of benzene rings is 1. The van der Waals surface area contributed by atoms with Gasteiger partial charge in [-0.25, -0.2) is 9.37 Å². The third-order valence-corrected chi connectivity index (χ3v) is 2.92. The molecule has 1 atom stereocenters. The zero-order valence-electron chi connectivity index (χ0n) is 10.4. The van der Waals surface area contributed by atoms with Crippen molar-refractivity contribution in [3.8, 4) is 0 Å². The first-order chi connectivity index (χ1) is 8.00. The standard InChI is InChI=1S/C14H17FN2/c1-8(2)13-7-11(9(3)16)10-5-4-6-12(15)14(10)17-13/h4-9H,16H2,1-3H3. The number of halogens is 1. The smallest absolute Gasteiger partial charge is 0.149 e. The van der Waals surface area contributed by atoms with Crippen molar-refractivity contribution >= 4 is 10.9 Å². The van der Waals surface area contributed by atoms with E-state index in [1.54, 1.807) is 6.07 Å². The number of rotatable bonds is 2. The summed E-state index contributed by atoms with van der Waals surface area (Å²) in [5.74, 6) is -0.0246. The molecule has 0 fully saturated rings. The minimum atomic E-state index is -0.285. The largest absolute Gasteiger partial charge is 0.324 e. The van der Waals surface area contributed by atoms with Crippen LogP contribution in [-0.2, 0) is 0 Å². The molecule has 0 aliphatic carbocycles. The minimum Gasteiger partial charge on any atom is -0.324 e. The molecule has 90 valence electrons. The summed E-state index contributed by atoms with van der Waals surface area (Å²) in [5, 5.41) is 0.810. The van der Waals surface area contributed by atoms with Crippen molar-refractivity contribution in [3.63, 3.8) is 0 Å². The van der Waals surface area contributed by atoms with Crippen molar-refractivity contribution in [2.24, 2.45) is 5.73 Å². The summed E-state index contributed by atoms with van der Waals surface area (Å²) in [6, 6.07) is 6.86. The Hall–Kier alpha value is -1.48. The zero-order chi connectivity index (χ0) is 12.6. The lowest BCUT2D eigenvalue weighted by Crippen LogP contribution is -2.08. The minimum absolute atomic E-state index is 0.125. The zero-order valence-corrected chi connectivity index (χ0v) is 10.4. The van der Waals surface area contributed by atoms with Crippen LogP contribution >= 0.6 is 0 Å². The van der Waals surface area contributed by atoms with E-state index >= 15 is 0 Å². The summed E-state index contributed by atoms with van der Waals surface area (Å²) < 4.78 is 13.8. The van der Waals surface area contributed by atoms with Crippen molar-refractivity contribution in [1.82, 2.24) is 4.98 Å².